The van der Waals surface area contributed by atoms with Crippen LogP contribution in [0.1, 0.15) is 25.0 Å². The van der Waals surface area contributed by atoms with Gasteiger partial charge in [0, 0.05) is 11.3 Å². The molecule has 1 fully saturated rings. The summed E-state index contributed by atoms with van der Waals surface area (Å²) in [6, 6.07) is 9.40. The van der Waals surface area contributed by atoms with Crippen molar-refractivity contribution in [3.05, 3.63) is 58.7 Å². The SMILES string of the molecule is C=C[C@H]1CO[C@H](c2ccccc2)[C@@]1(CC)[N+](=O)[O-]. The van der Waals surface area contributed by atoms with Crippen molar-refractivity contribution in [1.29, 1.82) is 0 Å². The van der Waals surface area contributed by atoms with E-state index in [0.29, 0.717) is 13.0 Å². The van der Waals surface area contributed by atoms with Gasteiger partial charge in [-0.2, -0.15) is 0 Å². The van der Waals surface area contributed by atoms with E-state index in [1.54, 1.807) is 6.08 Å². The molecule has 0 spiro atoms. The van der Waals surface area contributed by atoms with Crippen molar-refractivity contribution in [1.82, 2.24) is 0 Å². The number of nitro groups is 1. The number of rotatable bonds is 4. The highest BCUT2D eigenvalue weighted by atomic mass is 16.6. The summed E-state index contributed by atoms with van der Waals surface area (Å²) >= 11 is 0. The topological polar surface area (TPSA) is 52.4 Å². The smallest absolute Gasteiger partial charge is 0.260 e. The molecule has 0 amide bonds. The fourth-order valence-electron chi connectivity index (χ4n) is 2.78. The van der Waals surface area contributed by atoms with E-state index in [1.165, 1.54) is 0 Å². The first-order valence-corrected chi connectivity index (χ1v) is 6.10. The van der Waals surface area contributed by atoms with Crippen LogP contribution in [0.3, 0.4) is 0 Å². The summed E-state index contributed by atoms with van der Waals surface area (Å²) < 4.78 is 5.70. The average Bonchev–Trinajstić information content (AvgIpc) is 2.79. The molecule has 0 aromatic heterocycles. The van der Waals surface area contributed by atoms with Crippen molar-refractivity contribution < 1.29 is 9.66 Å². The second-order valence-electron chi connectivity index (χ2n) is 4.57. The van der Waals surface area contributed by atoms with E-state index in [1.807, 2.05) is 37.3 Å². The minimum Gasteiger partial charge on any atom is -0.365 e. The molecular formula is C14H17NO3. The van der Waals surface area contributed by atoms with E-state index in [2.05, 4.69) is 6.58 Å². The van der Waals surface area contributed by atoms with E-state index < -0.39 is 11.6 Å². The van der Waals surface area contributed by atoms with Gasteiger partial charge in [-0.05, 0) is 5.56 Å². The van der Waals surface area contributed by atoms with Gasteiger partial charge in [0.2, 0.25) is 0 Å². The summed E-state index contributed by atoms with van der Waals surface area (Å²) in [7, 11) is 0. The Morgan fingerprint density at radius 1 is 1.56 bits per heavy atom. The van der Waals surface area contributed by atoms with E-state index in [4.69, 9.17) is 4.74 Å². The molecule has 1 aromatic rings. The molecule has 0 aliphatic carbocycles. The molecule has 96 valence electrons. The van der Waals surface area contributed by atoms with Crippen LogP contribution in [0.5, 0.6) is 0 Å². The molecule has 4 heteroatoms. The van der Waals surface area contributed by atoms with Gasteiger partial charge < -0.3 is 4.74 Å². The molecule has 3 atom stereocenters. The van der Waals surface area contributed by atoms with E-state index >= 15 is 0 Å². The van der Waals surface area contributed by atoms with Gasteiger partial charge >= 0.3 is 0 Å². The van der Waals surface area contributed by atoms with Gasteiger partial charge in [-0.25, -0.2) is 0 Å². The lowest BCUT2D eigenvalue weighted by Gasteiger charge is -2.28. The van der Waals surface area contributed by atoms with Gasteiger partial charge in [0.1, 0.15) is 0 Å². The molecule has 0 unspecified atom stereocenters. The summed E-state index contributed by atoms with van der Waals surface area (Å²) in [5.74, 6) is -0.247. The van der Waals surface area contributed by atoms with E-state index in [9.17, 15) is 10.1 Å². The standard InChI is InChI=1S/C14H17NO3/c1-3-12-10-18-13(11-8-6-5-7-9-11)14(12,4-2)15(16)17/h3,5-9,12-13H,1,4,10H2,2H3/t12-,13+,14-/m0/s1. The van der Waals surface area contributed by atoms with Crippen LogP contribution in [0.4, 0.5) is 0 Å². The number of nitrogens with zero attached hydrogens (tertiary/aromatic N) is 1. The maximum Gasteiger partial charge on any atom is 0.260 e. The lowest BCUT2D eigenvalue weighted by molar-refractivity contribution is -0.583. The van der Waals surface area contributed by atoms with Crippen molar-refractivity contribution in [2.45, 2.75) is 25.0 Å². The first-order chi connectivity index (χ1) is 8.66. The molecule has 18 heavy (non-hydrogen) atoms. The Labute approximate surface area is 106 Å². The Hall–Kier alpha value is -1.68. The van der Waals surface area contributed by atoms with Crippen LogP contribution in [-0.2, 0) is 4.74 Å². The summed E-state index contributed by atoms with van der Waals surface area (Å²) in [4.78, 5) is 11.4. The molecule has 1 heterocycles. The number of benzene rings is 1. The zero-order valence-corrected chi connectivity index (χ0v) is 10.4. The van der Waals surface area contributed by atoms with Crippen molar-refractivity contribution in [3.63, 3.8) is 0 Å². The second-order valence-corrected chi connectivity index (χ2v) is 4.57. The quantitative estimate of drug-likeness (QED) is 0.467. The van der Waals surface area contributed by atoms with Gasteiger partial charge in [0.15, 0.2) is 6.10 Å². The molecule has 2 rings (SSSR count). The zero-order chi connectivity index (χ0) is 13.2. The third-order valence-corrected chi connectivity index (χ3v) is 3.83. The van der Waals surface area contributed by atoms with Crippen LogP contribution < -0.4 is 0 Å². The first kappa shape index (κ1) is 12.8. The molecule has 1 aliphatic heterocycles. The van der Waals surface area contributed by atoms with Crippen LogP contribution >= 0.6 is 0 Å². The Morgan fingerprint density at radius 2 is 2.22 bits per heavy atom. The Kier molecular flexibility index (Phi) is 3.48. The molecule has 1 aliphatic rings. The fourth-order valence-corrected chi connectivity index (χ4v) is 2.78. The van der Waals surface area contributed by atoms with E-state index in [-0.39, 0.29) is 10.8 Å². The van der Waals surface area contributed by atoms with Gasteiger partial charge in [-0.3, -0.25) is 10.1 Å². The van der Waals surface area contributed by atoms with Gasteiger partial charge in [-0.1, -0.05) is 43.3 Å². The average molecular weight is 247 g/mol. The molecule has 0 bridgehead atoms. The maximum absolute atomic E-state index is 11.6. The molecule has 0 saturated carbocycles. The zero-order valence-electron chi connectivity index (χ0n) is 10.4. The maximum atomic E-state index is 11.6. The summed E-state index contributed by atoms with van der Waals surface area (Å²) in [5, 5.41) is 11.6. The fraction of sp³-hybridized carbons (Fsp3) is 0.429. The predicted octanol–water partition coefficient (Wildman–Crippen LogP) is 2.99. The van der Waals surface area contributed by atoms with Crippen LogP contribution in [0.25, 0.3) is 0 Å². The monoisotopic (exact) mass is 247 g/mol. The summed E-state index contributed by atoms with van der Waals surface area (Å²) in [6.45, 7) is 5.91. The van der Waals surface area contributed by atoms with Crippen LogP contribution in [0.2, 0.25) is 0 Å². The second kappa shape index (κ2) is 4.90. The number of ether oxygens (including phenoxy) is 1. The highest BCUT2D eigenvalue weighted by Gasteiger charge is 2.60. The highest BCUT2D eigenvalue weighted by Crippen LogP contribution is 2.46. The van der Waals surface area contributed by atoms with Gasteiger partial charge in [0.25, 0.3) is 5.54 Å². The first-order valence-electron chi connectivity index (χ1n) is 6.10. The van der Waals surface area contributed by atoms with Crippen LogP contribution in [0, 0.1) is 16.0 Å². The highest BCUT2D eigenvalue weighted by molar-refractivity contribution is 5.24. The van der Waals surface area contributed by atoms with Crippen molar-refractivity contribution >= 4 is 0 Å². The van der Waals surface area contributed by atoms with Crippen molar-refractivity contribution in [2.75, 3.05) is 6.61 Å². The number of hydrogen-bond acceptors (Lipinski definition) is 3. The minimum absolute atomic E-state index is 0.190. The Morgan fingerprint density at radius 3 is 2.72 bits per heavy atom. The molecule has 0 radical (unpaired) electrons. The summed E-state index contributed by atoms with van der Waals surface area (Å²) in [6.07, 6.45) is 1.58. The molecule has 1 aromatic carbocycles. The molecular weight excluding hydrogens is 230 g/mol. The lowest BCUT2D eigenvalue weighted by Crippen LogP contribution is -2.45. The lowest BCUT2D eigenvalue weighted by atomic mass is 9.78. The molecule has 0 N–H and O–H groups in total. The van der Waals surface area contributed by atoms with Crippen LogP contribution in [-0.4, -0.2) is 17.1 Å². The predicted molar refractivity (Wildman–Crippen MR) is 68.8 cm³/mol. The molecule has 4 nitrogen and oxygen atoms in total. The normalized spacial score (nSPS) is 31.2. The third kappa shape index (κ3) is 1.73. The van der Waals surface area contributed by atoms with E-state index in [0.717, 1.165) is 5.56 Å². The minimum atomic E-state index is -1.09. The molecule has 1 saturated heterocycles. The largest absolute Gasteiger partial charge is 0.365 e. The number of hydrogen-bond donors (Lipinski definition) is 0. The van der Waals surface area contributed by atoms with Crippen LogP contribution in [0.15, 0.2) is 43.0 Å². The Balaban J connectivity index is 2.47. The third-order valence-electron chi connectivity index (χ3n) is 3.83. The van der Waals surface area contributed by atoms with Gasteiger partial charge in [0.05, 0.1) is 12.5 Å². The van der Waals surface area contributed by atoms with Gasteiger partial charge in [-0.15, -0.1) is 6.58 Å². The summed E-state index contributed by atoms with van der Waals surface area (Å²) in [5.41, 5.74) is -0.233. The van der Waals surface area contributed by atoms with Crippen molar-refractivity contribution in [2.24, 2.45) is 5.92 Å². The Bertz CT molecular complexity index is 446. The van der Waals surface area contributed by atoms with Crippen molar-refractivity contribution in [3.8, 4) is 0 Å².